The Bertz CT molecular complexity index is 632. The van der Waals surface area contributed by atoms with E-state index in [9.17, 15) is 4.79 Å². The Kier molecular flexibility index (Phi) is 6.35. The van der Waals surface area contributed by atoms with Crippen molar-refractivity contribution in [2.24, 2.45) is 0 Å². The fourth-order valence-electron chi connectivity index (χ4n) is 2.23. The lowest BCUT2D eigenvalue weighted by atomic mass is 10.1. The molecule has 2 rings (SSSR count). The van der Waals surface area contributed by atoms with E-state index in [4.69, 9.17) is 9.15 Å². The summed E-state index contributed by atoms with van der Waals surface area (Å²) in [5, 5.41) is 2.90. The zero-order chi connectivity index (χ0) is 16.7. The molecule has 1 amide bonds. The third-order valence-corrected chi connectivity index (χ3v) is 3.62. The van der Waals surface area contributed by atoms with Gasteiger partial charge in [-0.05, 0) is 38.8 Å². The van der Waals surface area contributed by atoms with Gasteiger partial charge in [0.15, 0.2) is 0 Å². The molecule has 1 heterocycles. The van der Waals surface area contributed by atoms with Crippen LogP contribution in [0.3, 0.4) is 0 Å². The standard InChI is InChI=1S/C18H24N2O3/c1-13-6-8-15(9-7-13)18-20-16(14(2)23-18)12-17(21)19-10-4-5-11-22-3/h6-9H,4-5,10-12H2,1-3H3,(H,19,21). The van der Waals surface area contributed by atoms with Crippen molar-refractivity contribution in [2.45, 2.75) is 33.1 Å². The molecule has 0 saturated heterocycles. The number of amides is 1. The summed E-state index contributed by atoms with van der Waals surface area (Å²) in [5.74, 6) is 1.22. The van der Waals surface area contributed by atoms with Crippen LogP contribution in [0.2, 0.25) is 0 Å². The first-order valence-electron chi connectivity index (χ1n) is 7.89. The number of benzene rings is 1. The van der Waals surface area contributed by atoms with Crippen molar-refractivity contribution in [1.29, 1.82) is 0 Å². The van der Waals surface area contributed by atoms with E-state index in [1.165, 1.54) is 5.56 Å². The van der Waals surface area contributed by atoms with Gasteiger partial charge in [-0.25, -0.2) is 4.98 Å². The van der Waals surface area contributed by atoms with Gasteiger partial charge in [0.25, 0.3) is 0 Å². The van der Waals surface area contributed by atoms with Crippen LogP contribution in [0.4, 0.5) is 0 Å². The quantitative estimate of drug-likeness (QED) is 0.760. The molecule has 1 aromatic carbocycles. The Balaban J connectivity index is 1.90. The number of hydrogen-bond donors (Lipinski definition) is 1. The van der Waals surface area contributed by atoms with Gasteiger partial charge in [-0.3, -0.25) is 4.79 Å². The lowest BCUT2D eigenvalue weighted by Crippen LogP contribution is -2.26. The van der Waals surface area contributed by atoms with Crippen LogP contribution in [0, 0.1) is 13.8 Å². The summed E-state index contributed by atoms with van der Waals surface area (Å²) >= 11 is 0. The molecule has 0 aliphatic rings. The number of ether oxygens (including phenoxy) is 1. The fraction of sp³-hybridized carbons (Fsp3) is 0.444. The third-order valence-electron chi connectivity index (χ3n) is 3.62. The predicted molar refractivity (Wildman–Crippen MR) is 89.2 cm³/mol. The minimum absolute atomic E-state index is 0.0331. The summed E-state index contributed by atoms with van der Waals surface area (Å²) < 4.78 is 10.7. The van der Waals surface area contributed by atoms with Crippen LogP contribution in [0.15, 0.2) is 28.7 Å². The largest absolute Gasteiger partial charge is 0.441 e. The Hall–Kier alpha value is -2.14. The Morgan fingerprint density at radius 1 is 1.22 bits per heavy atom. The second-order valence-corrected chi connectivity index (χ2v) is 5.61. The minimum atomic E-state index is -0.0331. The molecule has 0 aliphatic carbocycles. The number of nitrogens with zero attached hydrogens (tertiary/aromatic N) is 1. The van der Waals surface area contributed by atoms with Gasteiger partial charge in [0.1, 0.15) is 5.76 Å². The van der Waals surface area contributed by atoms with E-state index in [-0.39, 0.29) is 12.3 Å². The summed E-state index contributed by atoms with van der Waals surface area (Å²) in [7, 11) is 1.68. The summed E-state index contributed by atoms with van der Waals surface area (Å²) in [6, 6.07) is 7.98. The smallest absolute Gasteiger partial charge is 0.226 e. The highest BCUT2D eigenvalue weighted by Gasteiger charge is 2.14. The molecule has 0 saturated carbocycles. The van der Waals surface area contributed by atoms with Crippen molar-refractivity contribution >= 4 is 5.91 Å². The zero-order valence-electron chi connectivity index (χ0n) is 14.0. The van der Waals surface area contributed by atoms with Gasteiger partial charge < -0.3 is 14.5 Å². The summed E-state index contributed by atoms with van der Waals surface area (Å²) in [5.41, 5.74) is 2.80. The Morgan fingerprint density at radius 2 is 1.96 bits per heavy atom. The Morgan fingerprint density at radius 3 is 2.65 bits per heavy atom. The van der Waals surface area contributed by atoms with Crippen molar-refractivity contribution in [2.75, 3.05) is 20.3 Å². The average molecular weight is 316 g/mol. The van der Waals surface area contributed by atoms with Crippen LogP contribution in [0.5, 0.6) is 0 Å². The first-order valence-corrected chi connectivity index (χ1v) is 7.89. The Labute approximate surface area is 137 Å². The van der Waals surface area contributed by atoms with Crippen LogP contribution in [-0.4, -0.2) is 31.2 Å². The van der Waals surface area contributed by atoms with Gasteiger partial charge in [-0.2, -0.15) is 0 Å². The van der Waals surface area contributed by atoms with E-state index in [0.29, 0.717) is 23.9 Å². The zero-order valence-corrected chi connectivity index (χ0v) is 14.0. The number of carbonyl (C=O) groups excluding carboxylic acids is 1. The normalized spacial score (nSPS) is 10.7. The highest BCUT2D eigenvalue weighted by Crippen LogP contribution is 2.22. The van der Waals surface area contributed by atoms with Crippen LogP contribution < -0.4 is 5.32 Å². The van der Waals surface area contributed by atoms with Crippen LogP contribution in [0.1, 0.15) is 29.9 Å². The van der Waals surface area contributed by atoms with E-state index in [1.54, 1.807) is 7.11 Å². The molecule has 0 fully saturated rings. The van der Waals surface area contributed by atoms with E-state index in [0.717, 1.165) is 25.0 Å². The van der Waals surface area contributed by atoms with Gasteiger partial charge in [0, 0.05) is 25.8 Å². The summed E-state index contributed by atoms with van der Waals surface area (Å²) in [4.78, 5) is 16.4. The molecule has 1 N–H and O–H groups in total. The van der Waals surface area contributed by atoms with E-state index < -0.39 is 0 Å². The lowest BCUT2D eigenvalue weighted by molar-refractivity contribution is -0.120. The van der Waals surface area contributed by atoms with Gasteiger partial charge in [0.2, 0.25) is 11.8 Å². The van der Waals surface area contributed by atoms with Crippen molar-refractivity contribution in [3.05, 3.63) is 41.3 Å². The third kappa shape index (κ3) is 5.21. The van der Waals surface area contributed by atoms with E-state index >= 15 is 0 Å². The van der Waals surface area contributed by atoms with Crippen LogP contribution >= 0.6 is 0 Å². The van der Waals surface area contributed by atoms with Crippen LogP contribution in [-0.2, 0) is 16.0 Å². The molecule has 5 heteroatoms. The maximum absolute atomic E-state index is 12.0. The van der Waals surface area contributed by atoms with Crippen molar-refractivity contribution in [3.63, 3.8) is 0 Å². The predicted octanol–water partition coefficient (Wildman–Crippen LogP) is 3.04. The number of carbonyl (C=O) groups is 1. The molecule has 0 radical (unpaired) electrons. The maximum Gasteiger partial charge on any atom is 0.226 e. The highest BCUT2D eigenvalue weighted by atomic mass is 16.5. The number of methoxy groups -OCH3 is 1. The van der Waals surface area contributed by atoms with E-state index in [1.807, 2.05) is 38.1 Å². The number of nitrogens with one attached hydrogen (secondary N) is 1. The number of aromatic nitrogens is 1. The summed E-state index contributed by atoms with van der Waals surface area (Å²) in [6.07, 6.45) is 2.09. The lowest BCUT2D eigenvalue weighted by Gasteiger charge is -2.03. The van der Waals surface area contributed by atoms with Gasteiger partial charge in [-0.15, -0.1) is 0 Å². The molecule has 2 aromatic rings. The maximum atomic E-state index is 12.0. The van der Waals surface area contributed by atoms with Gasteiger partial charge >= 0.3 is 0 Å². The molecule has 0 unspecified atom stereocenters. The number of aryl methyl sites for hydroxylation is 2. The highest BCUT2D eigenvalue weighted by molar-refractivity contribution is 5.78. The second-order valence-electron chi connectivity index (χ2n) is 5.61. The van der Waals surface area contributed by atoms with Crippen LogP contribution in [0.25, 0.3) is 11.5 Å². The number of oxazole rings is 1. The van der Waals surface area contributed by atoms with Crippen molar-refractivity contribution in [1.82, 2.24) is 10.3 Å². The number of unbranched alkanes of at least 4 members (excludes halogenated alkanes) is 1. The topological polar surface area (TPSA) is 64.4 Å². The first kappa shape index (κ1) is 17.2. The SMILES string of the molecule is COCCCCNC(=O)Cc1nc(-c2ccc(C)cc2)oc1C. The monoisotopic (exact) mass is 316 g/mol. The fourth-order valence-corrected chi connectivity index (χ4v) is 2.23. The molecule has 0 aliphatic heterocycles. The minimum Gasteiger partial charge on any atom is -0.441 e. The number of rotatable bonds is 8. The summed E-state index contributed by atoms with van der Waals surface area (Å²) in [6.45, 7) is 5.25. The van der Waals surface area contributed by atoms with Gasteiger partial charge in [-0.1, -0.05) is 17.7 Å². The molecular weight excluding hydrogens is 292 g/mol. The molecule has 0 spiro atoms. The molecule has 1 aromatic heterocycles. The van der Waals surface area contributed by atoms with Gasteiger partial charge in [0.05, 0.1) is 12.1 Å². The molecule has 124 valence electrons. The number of hydrogen-bond acceptors (Lipinski definition) is 4. The van der Waals surface area contributed by atoms with E-state index in [2.05, 4.69) is 10.3 Å². The van der Waals surface area contributed by atoms with Crippen molar-refractivity contribution < 1.29 is 13.9 Å². The van der Waals surface area contributed by atoms with Crippen molar-refractivity contribution in [3.8, 4) is 11.5 Å². The molecule has 5 nitrogen and oxygen atoms in total. The molecule has 23 heavy (non-hydrogen) atoms. The molecule has 0 atom stereocenters. The average Bonchev–Trinajstić information content (AvgIpc) is 2.89. The second kappa shape index (κ2) is 8.48. The molecule has 0 bridgehead atoms. The molecular formula is C18H24N2O3. The first-order chi connectivity index (χ1) is 11.1.